The summed E-state index contributed by atoms with van der Waals surface area (Å²) in [5, 5.41) is 3.51. The maximum atomic E-state index is 14.3. The van der Waals surface area contributed by atoms with Crippen LogP contribution in [0.3, 0.4) is 0 Å². The first kappa shape index (κ1) is 14.9. The van der Waals surface area contributed by atoms with E-state index in [1.165, 1.54) is 12.1 Å². The van der Waals surface area contributed by atoms with Gasteiger partial charge in [0.05, 0.1) is 6.04 Å². The monoisotopic (exact) mass is 295 g/mol. The van der Waals surface area contributed by atoms with Gasteiger partial charge in [-0.1, -0.05) is 23.7 Å². The molecule has 0 saturated heterocycles. The zero-order chi connectivity index (χ0) is 14.9. The molecule has 0 aromatic heterocycles. The van der Waals surface area contributed by atoms with Crippen LogP contribution in [0.15, 0.2) is 30.3 Å². The van der Waals surface area contributed by atoms with Crippen LogP contribution in [0, 0.1) is 25.5 Å². The summed E-state index contributed by atoms with van der Waals surface area (Å²) < 4.78 is 28.4. The van der Waals surface area contributed by atoms with E-state index in [2.05, 4.69) is 5.32 Å². The molecule has 106 valence electrons. The van der Waals surface area contributed by atoms with Crippen molar-refractivity contribution >= 4 is 11.6 Å². The van der Waals surface area contributed by atoms with Crippen LogP contribution in [-0.2, 0) is 0 Å². The number of hydrogen-bond acceptors (Lipinski definition) is 1. The molecule has 2 aromatic carbocycles. The highest BCUT2D eigenvalue weighted by molar-refractivity contribution is 6.30. The molecular weight excluding hydrogens is 280 g/mol. The van der Waals surface area contributed by atoms with Crippen molar-refractivity contribution in [3.05, 3.63) is 69.2 Å². The Bertz CT molecular complexity index is 641. The number of halogens is 3. The lowest BCUT2D eigenvalue weighted by Gasteiger charge is -2.21. The first-order chi connectivity index (χ1) is 9.45. The summed E-state index contributed by atoms with van der Waals surface area (Å²) in [6.45, 7) is 3.51. The number of hydrogen-bond donors (Lipinski definition) is 1. The Morgan fingerprint density at radius 1 is 1.05 bits per heavy atom. The average Bonchev–Trinajstić information content (AvgIpc) is 2.42. The Kier molecular flexibility index (Phi) is 4.41. The van der Waals surface area contributed by atoms with Crippen molar-refractivity contribution in [2.75, 3.05) is 7.05 Å². The van der Waals surface area contributed by atoms with Crippen LogP contribution in [0.5, 0.6) is 0 Å². The normalized spacial score (nSPS) is 12.5. The van der Waals surface area contributed by atoms with Gasteiger partial charge in [0, 0.05) is 10.6 Å². The van der Waals surface area contributed by atoms with Gasteiger partial charge in [0.1, 0.15) is 11.6 Å². The predicted octanol–water partition coefficient (Wildman–Crippen LogP) is 4.54. The largest absolute Gasteiger partial charge is 0.309 e. The van der Waals surface area contributed by atoms with E-state index in [0.29, 0.717) is 10.6 Å². The van der Waals surface area contributed by atoms with Crippen molar-refractivity contribution in [2.45, 2.75) is 19.9 Å². The van der Waals surface area contributed by atoms with Gasteiger partial charge in [0.25, 0.3) is 0 Å². The van der Waals surface area contributed by atoms with E-state index < -0.39 is 17.7 Å². The first-order valence-corrected chi connectivity index (χ1v) is 6.71. The van der Waals surface area contributed by atoms with E-state index in [1.807, 2.05) is 13.0 Å². The molecule has 2 aromatic rings. The van der Waals surface area contributed by atoms with Crippen molar-refractivity contribution in [3.63, 3.8) is 0 Å². The molecule has 1 atom stereocenters. The van der Waals surface area contributed by atoms with Gasteiger partial charge >= 0.3 is 0 Å². The maximum Gasteiger partial charge on any atom is 0.134 e. The van der Waals surface area contributed by atoms with Gasteiger partial charge in [-0.3, -0.25) is 0 Å². The molecule has 2 rings (SSSR count). The second kappa shape index (κ2) is 5.90. The van der Waals surface area contributed by atoms with E-state index >= 15 is 0 Å². The third-order valence-electron chi connectivity index (χ3n) is 3.45. The first-order valence-electron chi connectivity index (χ1n) is 6.33. The summed E-state index contributed by atoms with van der Waals surface area (Å²) >= 11 is 6.00. The summed E-state index contributed by atoms with van der Waals surface area (Å²) in [5.74, 6) is -1.09. The molecule has 4 heteroatoms. The molecule has 0 fully saturated rings. The molecule has 0 aliphatic heterocycles. The van der Waals surface area contributed by atoms with Crippen molar-refractivity contribution in [1.82, 2.24) is 5.32 Å². The Labute approximate surface area is 122 Å². The van der Waals surface area contributed by atoms with Gasteiger partial charge in [-0.25, -0.2) is 8.78 Å². The van der Waals surface area contributed by atoms with E-state index in [4.69, 9.17) is 11.6 Å². The molecule has 0 amide bonds. The molecule has 0 aliphatic rings. The van der Waals surface area contributed by atoms with Crippen LogP contribution in [0.2, 0.25) is 5.02 Å². The van der Waals surface area contributed by atoms with Crippen molar-refractivity contribution in [2.24, 2.45) is 0 Å². The van der Waals surface area contributed by atoms with Gasteiger partial charge in [-0.05, 0) is 55.8 Å². The average molecular weight is 296 g/mol. The maximum absolute atomic E-state index is 14.3. The topological polar surface area (TPSA) is 12.0 Å². The minimum atomic E-state index is -0.575. The van der Waals surface area contributed by atoms with E-state index in [-0.39, 0.29) is 5.56 Å². The summed E-state index contributed by atoms with van der Waals surface area (Å²) in [6.07, 6.45) is 0. The molecule has 0 saturated carbocycles. The summed E-state index contributed by atoms with van der Waals surface area (Å²) in [7, 11) is 1.67. The highest BCUT2D eigenvalue weighted by atomic mass is 35.5. The second-order valence-corrected chi connectivity index (χ2v) is 5.25. The van der Waals surface area contributed by atoms with Gasteiger partial charge in [0.15, 0.2) is 0 Å². The Morgan fingerprint density at radius 3 is 2.35 bits per heavy atom. The second-order valence-electron chi connectivity index (χ2n) is 4.81. The van der Waals surface area contributed by atoms with Gasteiger partial charge in [0.2, 0.25) is 0 Å². The van der Waals surface area contributed by atoms with Crippen LogP contribution < -0.4 is 5.32 Å². The van der Waals surface area contributed by atoms with Crippen molar-refractivity contribution in [1.29, 1.82) is 0 Å². The SMILES string of the molecule is CNC(c1cc(Cl)ccc1C)c1c(F)ccc(C)c1F. The molecule has 0 spiro atoms. The molecule has 0 heterocycles. The zero-order valence-corrected chi connectivity index (χ0v) is 12.4. The van der Waals surface area contributed by atoms with Gasteiger partial charge in [-0.15, -0.1) is 0 Å². The number of rotatable bonds is 3. The predicted molar refractivity (Wildman–Crippen MR) is 78.2 cm³/mol. The molecular formula is C16H16ClF2N. The minimum absolute atomic E-state index is 0.0258. The van der Waals surface area contributed by atoms with Crippen molar-refractivity contribution < 1.29 is 8.78 Å². The summed E-state index contributed by atoms with van der Waals surface area (Å²) in [5.41, 5.74) is 2.14. The molecule has 0 bridgehead atoms. The molecule has 1 N–H and O–H groups in total. The molecule has 0 aliphatic carbocycles. The summed E-state index contributed by atoms with van der Waals surface area (Å²) in [6, 6.07) is 7.49. The summed E-state index contributed by atoms with van der Waals surface area (Å²) in [4.78, 5) is 0. The van der Waals surface area contributed by atoms with E-state index in [9.17, 15) is 8.78 Å². The third kappa shape index (κ3) is 2.69. The van der Waals surface area contributed by atoms with Crippen molar-refractivity contribution in [3.8, 4) is 0 Å². The zero-order valence-electron chi connectivity index (χ0n) is 11.6. The number of aryl methyl sites for hydroxylation is 2. The Morgan fingerprint density at radius 2 is 1.70 bits per heavy atom. The van der Waals surface area contributed by atoms with Gasteiger partial charge < -0.3 is 5.32 Å². The fourth-order valence-corrected chi connectivity index (χ4v) is 2.50. The quantitative estimate of drug-likeness (QED) is 0.876. The minimum Gasteiger partial charge on any atom is -0.309 e. The van der Waals surface area contributed by atoms with Crippen LogP contribution >= 0.6 is 11.6 Å². The van der Waals surface area contributed by atoms with E-state index in [0.717, 1.165) is 11.1 Å². The van der Waals surface area contributed by atoms with Crippen LogP contribution in [0.25, 0.3) is 0 Å². The lowest BCUT2D eigenvalue weighted by molar-refractivity contribution is 0.517. The number of benzene rings is 2. The lowest BCUT2D eigenvalue weighted by atomic mass is 9.93. The van der Waals surface area contributed by atoms with Gasteiger partial charge in [-0.2, -0.15) is 0 Å². The van der Waals surface area contributed by atoms with Crippen LogP contribution in [0.1, 0.15) is 28.3 Å². The highest BCUT2D eigenvalue weighted by Crippen LogP contribution is 2.31. The molecule has 20 heavy (non-hydrogen) atoms. The van der Waals surface area contributed by atoms with E-state index in [1.54, 1.807) is 26.1 Å². The fraction of sp³-hybridized carbons (Fsp3) is 0.250. The lowest BCUT2D eigenvalue weighted by Crippen LogP contribution is -2.21. The number of nitrogens with one attached hydrogen (secondary N) is 1. The fourth-order valence-electron chi connectivity index (χ4n) is 2.32. The highest BCUT2D eigenvalue weighted by Gasteiger charge is 2.23. The molecule has 1 nitrogen and oxygen atoms in total. The van der Waals surface area contributed by atoms with Crippen LogP contribution in [-0.4, -0.2) is 7.05 Å². The molecule has 0 radical (unpaired) electrons. The third-order valence-corrected chi connectivity index (χ3v) is 3.68. The van der Waals surface area contributed by atoms with Crippen LogP contribution in [0.4, 0.5) is 8.78 Å². The molecule has 1 unspecified atom stereocenters. The Hall–Kier alpha value is -1.45. The Balaban J connectivity index is 2.64. The smallest absolute Gasteiger partial charge is 0.134 e. The standard InChI is InChI=1S/C16H16ClF2N/c1-9-4-6-11(17)8-12(9)16(20-3)14-13(18)7-5-10(2)15(14)19/h4-8,16,20H,1-3H3.